The van der Waals surface area contributed by atoms with Gasteiger partial charge in [-0.25, -0.2) is 9.97 Å². The molecule has 0 atom stereocenters. The standard InChI is InChI=1S/C22H17IN2/c23-19-13-11-18(12-14-19)22-24-20(16-7-3-1-4-8-16)15-21(25-22)17-9-5-2-6-10-17/h1-11,13,15H,12,14H2. The van der Waals surface area contributed by atoms with Crippen molar-refractivity contribution in [3.63, 3.8) is 0 Å². The van der Waals surface area contributed by atoms with E-state index in [9.17, 15) is 0 Å². The molecule has 2 aromatic carbocycles. The molecule has 122 valence electrons. The number of nitrogens with zero attached hydrogens (tertiary/aromatic N) is 2. The summed E-state index contributed by atoms with van der Waals surface area (Å²) in [5, 5.41) is 0. The van der Waals surface area contributed by atoms with Crippen molar-refractivity contribution in [2.24, 2.45) is 0 Å². The Labute approximate surface area is 161 Å². The first-order chi connectivity index (χ1) is 12.3. The zero-order valence-electron chi connectivity index (χ0n) is 13.7. The van der Waals surface area contributed by atoms with Gasteiger partial charge in [0.2, 0.25) is 0 Å². The van der Waals surface area contributed by atoms with E-state index in [1.165, 1.54) is 9.15 Å². The molecule has 0 unspecified atom stereocenters. The summed E-state index contributed by atoms with van der Waals surface area (Å²) in [5.74, 6) is 0.834. The van der Waals surface area contributed by atoms with Gasteiger partial charge in [-0.3, -0.25) is 0 Å². The molecule has 4 rings (SSSR count). The SMILES string of the molecule is IC1=CC=C(c2nc(-c3ccccc3)cc(-c3ccccc3)n2)CC1. The first kappa shape index (κ1) is 16.2. The van der Waals surface area contributed by atoms with Crippen LogP contribution >= 0.6 is 22.6 Å². The quantitative estimate of drug-likeness (QED) is 0.450. The molecule has 1 heterocycles. The molecule has 0 saturated heterocycles. The summed E-state index contributed by atoms with van der Waals surface area (Å²) in [5.41, 5.74) is 5.37. The highest BCUT2D eigenvalue weighted by atomic mass is 127. The van der Waals surface area contributed by atoms with E-state index in [0.29, 0.717) is 0 Å². The number of hydrogen-bond acceptors (Lipinski definition) is 2. The van der Waals surface area contributed by atoms with Crippen LogP contribution in [0.4, 0.5) is 0 Å². The lowest BCUT2D eigenvalue weighted by Gasteiger charge is -2.13. The fourth-order valence-corrected chi connectivity index (χ4v) is 3.35. The van der Waals surface area contributed by atoms with Gasteiger partial charge < -0.3 is 0 Å². The summed E-state index contributed by atoms with van der Waals surface area (Å²) < 4.78 is 1.38. The van der Waals surface area contributed by atoms with Crippen molar-refractivity contribution < 1.29 is 0 Å². The molecule has 0 aliphatic heterocycles. The lowest BCUT2D eigenvalue weighted by Crippen LogP contribution is -2.01. The average molecular weight is 436 g/mol. The number of benzene rings is 2. The Balaban J connectivity index is 1.87. The molecule has 2 nitrogen and oxygen atoms in total. The van der Waals surface area contributed by atoms with Crippen LogP contribution in [0.1, 0.15) is 18.7 Å². The lowest BCUT2D eigenvalue weighted by atomic mass is 10.0. The maximum atomic E-state index is 4.87. The second-order valence-corrected chi connectivity index (χ2v) is 7.39. The monoisotopic (exact) mass is 436 g/mol. The maximum absolute atomic E-state index is 4.87. The van der Waals surface area contributed by atoms with Crippen LogP contribution < -0.4 is 0 Å². The largest absolute Gasteiger partial charge is 0.228 e. The predicted octanol–water partition coefficient (Wildman–Crippen LogP) is 6.31. The van der Waals surface area contributed by atoms with Gasteiger partial charge in [0.05, 0.1) is 11.4 Å². The van der Waals surface area contributed by atoms with Crippen LogP contribution in [0.5, 0.6) is 0 Å². The molecule has 0 fully saturated rings. The fraction of sp³-hybridized carbons (Fsp3) is 0.0909. The van der Waals surface area contributed by atoms with Crippen molar-refractivity contribution in [3.05, 3.63) is 88.3 Å². The fourth-order valence-electron chi connectivity index (χ4n) is 2.90. The summed E-state index contributed by atoms with van der Waals surface area (Å²) in [4.78, 5) is 9.73. The average Bonchev–Trinajstić information content (AvgIpc) is 2.69. The van der Waals surface area contributed by atoms with Crippen molar-refractivity contribution >= 4 is 28.2 Å². The number of hydrogen-bond donors (Lipinski definition) is 0. The Kier molecular flexibility index (Phi) is 4.74. The highest BCUT2D eigenvalue weighted by Crippen LogP contribution is 2.31. The molecule has 3 aromatic rings. The van der Waals surface area contributed by atoms with Crippen LogP contribution in [0.25, 0.3) is 28.1 Å². The third kappa shape index (κ3) is 3.71. The van der Waals surface area contributed by atoms with E-state index >= 15 is 0 Å². The minimum atomic E-state index is 0.834. The highest BCUT2D eigenvalue weighted by Gasteiger charge is 2.13. The van der Waals surface area contributed by atoms with Crippen molar-refractivity contribution in [2.75, 3.05) is 0 Å². The van der Waals surface area contributed by atoms with Gasteiger partial charge in [-0.05, 0) is 50.7 Å². The Hall–Kier alpha value is -2.27. The zero-order chi connectivity index (χ0) is 17.1. The van der Waals surface area contributed by atoms with Gasteiger partial charge >= 0.3 is 0 Å². The number of aromatic nitrogens is 2. The van der Waals surface area contributed by atoms with Gasteiger partial charge in [-0.15, -0.1) is 0 Å². The van der Waals surface area contributed by atoms with Gasteiger partial charge in [0.1, 0.15) is 0 Å². The minimum Gasteiger partial charge on any atom is -0.228 e. The third-order valence-electron chi connectivity index (χ3n) is 4.25. The Morgan fingerprint density at radius 2 is 1.24 bits per heavy atom. The van der Waals surface area contributed by atoms with Crippen LogP contribution in [0.2, 0.25) is 0 Å². The van der Waals surface area contributed by atoms with E-state index in [1.54, 1.807) is 0 Å². The van der Waals surface area contributed by atoms with E-state index in [-0.39, 0.29) is 0 Å². The molecule has 1 aromatic heterocycles. The zero-order valence-corrected chi connectivity index (χ0v) is 15.8. The first-order valence-electron chi connectivity index (χ1n) is 8.35. The number of rotatable bonds is 3. The van der Waals surface area contributed by atoms with E-state index < -0.39 is 0 Å². The molecule has 3 heteroatoms. The summed E-state index contributed by atoms with van der Waals surface area (Å²) in [7, 11) is 0. The predicted molar refractivity (Wildman–Crippen MR) is 112 cm³/mol. The molecule has 0 saturated carbocycles. The molecular weight excluding hydrogens is 419 g/mol. The lowest BCUT2D eigenvalue weighted by molar-refractivity contribution is 1.00. The van der Waals surface area contributed by atoms with Crippen molar-refractivity contribution in [1.29, 1.82) is 0 Å². The van der Waals surface area contributed by atoms with Gasteiger partial charge in [0.25, 0.3) is 0 Å². The van der Waals surface area contributed by atoms with Crippen LogP contribution in [-0.2, 0) is 0 Å². The molecule has 0 amide bonds. The minimum absolute atomic E-state index is 0.834. The smallest absolute Gasteiger partial charge is 0.156 e. The number of allylic oxidation sites excluding steroid dienone is 4. The van der Waals surface area contributed by atoms with Crippen LogP contribution in [-0.4, -0.2) is 9.97 Å². The first-order valence-corrected chi connectivity index (χ1v) is 9.43. The van der Waals surface area contributed by atoms with Crippen molar-refractivity contribution in [1.82, 2.24) is 9.97 Å². The highest BCUT2D eigenvalue weighted by molar-refractivity contribution is 14.1. The second-order valence-electron chi connectivity index (χ2n) is 6.00. The van der Waals surface area contributed by atoms with E-state index in [0.717, 1.165) is 41.2 Å². The van der Waals surface area contributed by atoms with Gasteiger partial charge in [-0.2, -0.15) is 0 Å². The van der Waals surface area contributed by atoms with Gasteiger partial charge in [-0.1, -0.05) is 72.8 Å². The summed E-state index contributed by atoms with van der Waals surface area (Å²) >= 11 is 2.39. The van der Waals surface area contributed by atoms with Crippen LogP contribution in [0.15, 0.2) is 82.5 Å². The normalized spacial score (nSPS) is 14.0. The summed E-state index contributed by atoms with van der Waals surface area (Å²) in [6, 6.07) is 22.7. The molecule has 0 radical (unpaired) electrons. The Morgan fingerprint density at radius 1 is 0.680 bits per heavy atom. The molecule has 1 aliphatic rings. The summed E-state index contributed by atoms with van der Waals surface area (Å²) in [6.07, 6.45) is 6.37. The number of halogens is 1. The molecule has 0 N–H and O–H groups in total. The van der Waals surface area contributed by atoms with Gasteiger partial charge in [0.15, 0.2) is 5.82 Å². The van der Waals surface area contributed by atoms with Crippen LogP contribution in [0, 0.1) is 0 Å². The van der Waals surface area contributed by atoms with E-state index in [2.05, 4.69) is 65.1 Å². The van der Waals surface area contributed by atoms with E-state index in [1.807, 2.05) is 36.4 Å². The Morgan fingerprint density at radius 3 is 1.72 bits per heavy atom. The molecule has 0 spiro atoms. The van der Waals surface area contributed by atoms with Crippen molar-refractivity contribution in [2.45, 2.75) is 12.8 Å². The molecular formula is C22H17IN2. The summed E-state index contributed by atoms with van der Waals surface area (Å²) in [6.45, 7) is 0. The van der Waals surface area contributed by atoms with E-state index in [4.69, 9.17) is 9.97 Å². The third-order valence-corrected chi connectivity index (χ3v) is 5.15. The molecule has 1 aliphatic carbocycles. The molecule has 0 bridgehead atoms. The topological polar surface area (TPSA) is 25.8 Å². The maximum Gasteiger partial charge on any atom is 0.156 e. The van der Waals surface area contributed by atoms with Crippen LogP contribution in [0.3, 0.4) is 0 Å². The second kappa shape index (κ2) is 7.31. The van der Waals surface area contributed by atoms with Crippen molar-refractivity contribution in [3.8, 4) is 22.5 Å². The Bertz CT molecular complexity index is 887. The molecule has 25 heavy (non-hydrogen) atoms. The van der Waals surface area contributed by atoms with Gasteiger partial charge in [0, 0.05) is 11.1 Å².